The van der Waals surface area contributed by atoms with Gasteiger partial charge < -0.3 is 24.5 Å². The predicted octanol–water partition coefficient (Wildman–Crippen LogP) is -1.93. The number of aromatic nitrogens is 2. The maximum atomic E-state index is 11.7. The van der Waals surface area contributed by atoms with E-state index >= 15 is 0 Å². The van der Waals surface area contributed by atoms with E-state index in [0.717, 1.165) is 16.8 Å². The van der Waals surface area contributed by atoms with Gasteiger partial charge in [0, 0.05) is 18.7 Å². The Hall–Kier alpha value is -2.30. The van der Waals surface area contributed by atoms with E-state index in [1.54, 1.807) is 0 Å². The fourth-order valence-corrected chi connectivity index (χ4v) is 2.25. The Morgan fingerprint density at radius 2 is 2.00 bits per heavy atom. The molecule has 2 rings (SSSR count). The molecule has 1 aliphatic heterocycles. The van der Waals surface area contributed by atoms with Gasteiger partial charge in [-0.05, 0) is 6.92 Å². The van der Waals surface area contributed by atoms with E-state index in [0.29, 0.717) is 0 Å². The fraction of sp³-hybridized carbons (Fsp3) is 0.571. The highest BCUT2D eigenvalue weighted by molar-refractivity contribution is 5.80. The molecule has 0 unspecified atom stereocenters. The lowest BCUT2D eigenvalue weighted by atomic mass is 10.1. The number of nitrogens with zero attached hydrogens (tertiary/aromatic N) is 1. The highest BCUT2D eigenvalue weighted by atomic mass is 16.6. The smallest absolute Gasteiger partial charge is 0.330 e. The van der Waals surface area contributed by atoms with Crippen LogP contribution in [0.2, 0.25) is 0 Å². The molecule has 0 amide bonds. The molecule has 0 spiro atoms. The summed E-state index contributed by atoms with van der Waals surface area (Å²) in [7, 11) is 0. The standard InChI is InChI=1S/C14H18N2O8/c1-7(17)2-3-10(19)23-6-8-11(20)12(21)13(24-8)16-5-4-9(18)15-14(16)22/h4-5,8,11-13,20-21H,2-3,6H2,1H3,(H,15,18,22)/t8-,11-,12-,13-/m1/s1. The molecule has 1 saturated heterocycles. The van der Waals surface area contributed by atoms with Crippen molar-refractivity contribution < 1.29 is 29.3 Å². The number of H-pyrrole nitrogens is 1. The van der Waals surface area contributed by atoms with Crippen molar-refractivity contribution in [1.82, 2.24) is 9.55 Å². The Labute approximate surface area is 135 Å². The molecule has 3 N–H and O–H groups in total. The molecule has 10 nitrogen and oxygen atoms in total. The summed E-state index contributed by atoms with van der Waals surface area (Å²) in [6.07, 6.45) is -4.04. The Morgan fingerprint density at radius 3 is 2.62 bits per heavy atom. The number of rotatable bonds is 6. The summed E-state index contributed by atoms with van der Waals surface area (Å²) in [5.74, 6) is -0.794. The highest BCUT2D eigenvalue weighted by Gasteiger charge is 2.44. The largest absolute Gasteiger partial charge is 0.463 e. The first-order valence-electron chi connectivity index (χ1n) is 7.27. The lowest BCUT2D eigenvalue weighted by Gasteiger charge is -2.16. The molecule has 10 heteroatoms. The van der Waals surface area contributed by atoms with Crippen LogP contribution in [0.4, 0.5) is 0 Å². The van der Waals surface area contributed by atoms with Crippen LogP contribution < -0.4 is 11.2 Å². The van der Waals surface area contributed by atoms with Crippen molar-refractivity contribution in [2.45, 2.75) is 44.3 Å². The summed E-state index contributed by atoms with van der Waals surface area (Å²) in [4.78, 5) is 47.0. The zero-order valence-electron chi connectivity index (χ0n) is 12.9. The van der Waals surface area contributed by atoms with Crippen molar-refractivity contribution in [3.63, 3.8) is 0 Å². The van der Waals surface area contributed by atoms with Gasteiger partial charge in [0.05, 0.1) is 6.42 Å². The van der Waals surface area contributed by atoms with Gasteiger partial charge in [-0.3, -0.25) is 19.1 Å². The van der Waals surface area contributed by atoms with E-state index in [1.807, 2.05) is 4.98 Å². The normalized spacial score (nSPS) is 26.3. The van der Waals surface area contributed by atoms with Crippen molar-refractivity contribution in [2.75, 3.05) is 6.61 Å². The number of Topliss-reactive ketones (excluding diaryl/α,β-unsaturated/α-hetero) is 1. The molecule has 132 valence electrons. The molecule has 0 aromatic carbocycles. The minimum Gasteiger partial charge on any atom is -0.463 e. The van der Waals surface area contributed by atoms with Crippen molar-refractivity contribution >= 4 is 11.8 Å². The van der Waals surface area contributed by atoms with E-state index in [1.165, 1.54) is 6.92 Å². The Bertz CT molecular complexity index is 724. The SMILES string of the molecule is CC(=O)CCC(=O)OC[C@H]1O[C@@H](n2ccc(=O)[nH]c2=O)[C@H](O)[C@@H]1O. The van der Waals surface area contributed by atoms with Crippen LogP contribution in [0.15, 0.2) is 21.9 Å². The van der Waals surface area contributed by atoms with Gasteiger partial charge in [-0.2, -0.15) is 0 Å². The van der Waals surface area contributed by atoms with E-state index in [-0.39, 0.29) is 25.2 Å². The van der Waals surface area contributed by atoms with Crippen LogP contribution in [0.3, 0.4) is 0 Å². The maximum absolute atomic E-state index is 11.7. The van der Waals surface area contributed by atoms with E-state index < -0.39 is 41.8 Å². The zero-order chi connectivity index (χ0) is 17.9. The molecular weight excluding hydrogens is 324 g/mol. The van der Waals surface area contributed by atoms with Crippen LogP contribution in [-0.4, -0.2) is 56.4 Å². The second-order valence-corrected chi connectivity index (χ2v) is 5.45. The number of ketones is 1. The molecule has 1 aromatic heterocycles. The third-order valence-electron chi connectivity index (χ3n) is 3.55. The van der Waals surface area contributed by atoms with Gasteiger partial charge in [0.2, 0.25) is 0 Å². The van der Waals surface area contributed by atoms with Crippen LogP contribution >= 0.6 is 0 Å². The van der Waals surface area contributed by atoms with Crippen LogP contribution in [0.5, 0.6) is 0 Å². The lowest BCUT2D eigenvalue weighted by molar-refractivity contribution is -0.151. The number of nitrogens with one attached hydrogen (secondary N) is 1. The minimum absolute atomic E-state index is 0.0466. The summed E-state index contributed by atoms with van der Waals surface area (Å²) in [6.45, 7) is 1.00. The Balaban J connectivity index is 1.99. The average Bonchev–Trinajstić information content (AvgIpc) is 2.79. The summed E-state index contributed by atoms with van der Waals surface area (Å²) < 4.78 is 11.2. The van der Waals surface area contributed by atoms with E-state index in [4.69, 9.17) is 9.47 Å². The van der Waals surface area contributed by atoms with Gasteiger partial charge in [-0.15, -0.1) is 0 Å². The molecule has 1 aliphatic rings. The fourth-order valence-electron chi connectivity index (χ4n) is 2.25. The molecule has 24 heavy (non-hydrogen) atoms. The molecule has 1 aromatic rings. The van der Waals surface area contributed by atoms with Crippen LogP contribution in [0.25, 0.3) is 0 Å². The van der Waals surface area contributed by atoms with Gasteiger partial charge in [-0.25, -0.2) is 4.79 Å². The maximum Gasteiger partial charge on any atom is 0.330 e. The topological polar surface area (TPSA) is 148 Å². The van der Waals surface area contributed by atoms with Crippen LogP contribution in [0, 0.1) is 0 Å². The monoisotopic (exact) mass is 342 g/mol. The number of aliphatic hydroxyl groups is 2. The Morgan fingerprint density at radius 1 is 1.29 bits per heavy atom. The first-order chi connectivity index (χ1) is 11.3. The van der Waals surface area contributed by atoms with E-state index in [2.05, 4.69) is 0 Å². The third-order valence-corrected chi connectivity index (χ3v) is 3.55. The number of aromatic amines is 1. The van der Waals surface area contributed by atoms with Crippen molar-refractivity contribution in [1.29, 1.82) is 0 Å². The van der Waals surface area contributed by atoms with Crippen LogP contribution in [-0.2, 0) is 19.1 Å². The zero-order valence-corrected chi connectivity index (χ0v) is 12.9. The number of carbonyl (C=O) groups is 2. The minimum atomic E-state index is -1.45. The predicted molar refractivity (Wildman–Crippen MR) is 78.1 cm³/mol. The number of esters is 1. The Kier molecular flexibility index (Phi) is 5.65. The van der Waals surface area contributed by atoms with Gasteiger partial charge in [-0.1, -0.05) is 0 Å². The number of carbonyl (C=O) groups excluding carboxylic acids is 2. The quantitative estimate of drug-likeness (QED) is 0.506. The van der Waals surface area contributed by atoms with Gasteiger partial charge in [0.15, 0.2) is 6.23 Å². The number of aliphatic hydroxyl groups excluding tert-OH is 2. The lowest BCUT2D eigenvalue weighted by Crippen LogP contribution is -2.37. The van der Waals surface area contributed by atoms with Gasteiger partial charge in [0.25, 0.3) is 5.56 Å². The summed E-state index contributed by atoms with van der Waals surface area (Å²) >= 11 is 0. The molecule has 0 saturated carbocycles. The first kappa shape index (κ1) is 18.0. The molecular formula is C14H18N2O8. The van der Waals surface area contributed by atoms with E-state index in [9.17, 15) is 29.4 Å². The molecule has 0 bridgehead atoms. The van der Waals surface area contributed by atoms with Crippen molar-refractivity contribution in [2.24, 2.45) is 0 Å². The second-order valence-electron chi connectivity index (χ2n) is 5.45. The molecule has 4 atom stereocenters. The number of ether oxygens (including phenoxy) is 2. The van der Waals surface area contributed by atoms with Crippen molar-refractivity contribution in [3.8, 4) is 0 Å². The summed E-state index contributed by atoms with van der Waals surface area (Å²) in [5.41, 5.74) is -1.42. The summed E-state index contributed by atoms with van der Waals surface area (Å²) in [5, 5.41) is 20.0. The molecule has 1 fully saturated rings. The first-order valence-corrected chi connectivity index (χ1v) is 7.27. The second kappa shape index (κ2) is 7.51. The van der Waals surface area contributed by atoms with Crippen molar-refractivity contribution in [3.05, 3.63) is 33.1 Å². The van der Waals surface area contributed by atoms with Crippen LogP contribution in [0.1, 0.15) is 26.0 Å². The molecule has 0 radical (unpaired) electrons. The molecule has 2 heterocycles. The average molecular weight is 342 g/mol. The van der Waals surface area contributed by atoms with Gasteiger partial charge in [0.1, 0.15) is 30.7 Å². The number of hydrogen-bond donors (Lipinski definition) is 3. The highest BCUT2D eigenvalue weighted by Crippen LogP contribution is 2.28. The van der Waals surface area contributed by atoms with Gasteiger partial charge >= 0.3 is 11.7 Å². The third kappa shape index (κ3) is 4.16. The number of hydrogen-bond acceptors (Lipinski definition) is 8. The summed E-state index contributed by atoms with van der Waals surface area (Å²) in [6, 6.07) is 1.07. The molecule has 0 aliphatic carbocycles.